The van der Waals surface area contributed by atoms with Crippen LogP contribution in [0.25, 0.3) is 0 Å². The monoisotopic (exact) mass is 436 g/mol. The lowest BCUT2D eigenvalue weighted by molar-refractivity contribution is 0.475. The topological polar surface area (TPSA) is 143 Å². The zero-order valence-electron chi connectivity index (χ0n) is 13.1. The maximum absolute atomic E-state index is 11.2. The molecule has 0 spiro atoms. The molecule has 3 rings (SSSR count). The first-order valence-electron chi connectivity index (χ1n) is 7.16. The lowest BCUT2D eigenvalue weighted by atomic mass is 10.3. The molecular weight excluding hydrogens is 424 g/mol. The molecule has 3 aromatic rings. The Bertz CT molecular complexity index is 1030. The van der Waals surface area contributed by atoms with Crippen molar-refractivity contribution in [1.82, 2.24) is 15.0 Å². The number of rotatable bonds is 5. The summed E-state index contributed by atoms with van der Waals surface area (Å²) in [5.74, 6) is 0.942. The first-order valence-corrected chi connectivity index (χ1v) is 9.50. The molecule has 2 heterocycles. The molecule has 134 valence electrons. The average molecular weight is 437 g/mol. The van der Waals surface area contributed by atoms with E-state index in [1.807, 2.05) is 0 Å². The van der Waals surface area contributed by atoms with Crippen molar-refractivity contribution in [2.24, 2.45) is 5.14 Å². The second-order valence-electron chi connectivity index (χ2n) is 5.12. The minimum absolute atomic E-state index is 0.162. The molecule has 0 bridgehead atoms. The first-order chi connectivity index (χ1) is 12.3. The third-order valence-electron chi connectivity index (χ3n) is 3.16. The predicted molar refractivity (Wildman–Crippen MR) is 100 cm³/mol. The smallest absolute Gasteiger partial charge is 0.255 e. The Hall–Kier alpha value is -2.76. The standard InChI is InChI=1S/C15H13BrN6O3S/c16-12-8-19-15(21-10-3-6-13(18-7-10)26(17,24)25)22-14(12)20-9-1-4-11(23)5-2-9/h1-8,23H,(H2,17,24,25)(H2,19,20,21,22). The SMILES string of the molecule is NS(=O)(=O)c1ccc(Nc2ncc(Br)c(Nc3ccc(O)cc3)n2)cn1. The molecule has 0 fully saturated rings. The summed E-state index contributed by atoms with van der Waals surface area (Å²) in [5, 5.41) is 20.1. The Morgan fingerprint density at radius 3 is 2.27 bits per heavy atom. The first kappa shape index (κ1) is 18.0. The van der Waals surface area contributed by atoms with Crippen LogP contribution < -0.4 is 15.8 Å². The molecule has 9 nitrogen and oxygen atoms in total. The van der Waals surface area contributed by atoms with Gasteiger partial charge in [0.25, 0.3) is 10.0 Å². The molecule has 0 saturated heterocycles. The molecule has 0 atom stereocenters. The second kappa shape index (κ2) is 7.23. The maximum atomic E-state index is 11.2. The van der Waals surface area contributed by atoms with Gasteiger partial charge in [-0.2, -0.15) is 4.98 Å². The summed E-state index contributed by atoms with van der Waals surface area (Å²) < 4.78 is 23.1. The second-order valence-corrected chi connectivity index (χ2v) is 7.48. The van der Waals surface area contributed by atoms with Gasteiger partial charge in [0.15, 0.2) is 5.03 Å². The van der Waals surface area contributed by atoms with E-state index < -0.39 is 10.0 Å². The van der Waals surface area contributed by atoms with Gasteiger partial charge in [0.05, 0.1) is 16.4 Å². The van der Waals surface area contributed by atoms with Crippen molar-refractivity contribution in [1.29, 1.82) is 0 Å². The number of aromatic hydroxyl groups is 1. The molecule has 0 unspecified atom stereocenters. The number of hydrogen-bond donors (Lipinski definition) is 4. The summed E-state index contributed by atoms with van der Waals surface area (Å²) in [6.07, 6.45) is 2.88. The Morgan fingerprint density at radius 1 is 0.962 bits per heavy atom. The van der Waals surface area contributed by atoms with Crippen LogP contribution in [0.3, 0.4) is 0 Å². The molecular formula is C15H13BrN6O3S. The van der Waals surface area contributed by atoms with Gasteiger partial charge in [-0.3, -0.25) is 0 Å². The molecule has 5 N–H and O–H groups in total. The number of aromatic nitrogens is 3. The van der Waals surface area contributed by atoms with Crippen LogP contribution in [0.4, 0.5) is 23.1 Å². The Morgan fingerprint density at radius 2 is 1.65 bits per heavy atom. The van der Waals surface area contributed by atoms with Crippen LogP contribution in [0.15, 0.2) is 58.3 Å². The van der Waals surface area contributed by atoms with Crippen molar-refractivity contribution >= 4 is 49.1 Å². The molecule has 2 aromatic heterocycles. The quantitative estimate of drug-likeness (QED) is 0.446. The zero-order chi connectivity index (χ0) is 18.7. The third kappa shape index (κ3) is 4.45. The number of pyridine rings is 1. The number of nitrogens with two attached hydrogens (primary N) is 1. The fraction of sp³-hybridized carbons (Fsp3) is 0. The van der Waals surface area contributed by atoms with E-state index in [4.69, 9.17) is 5.14 Å². The van der Waals surface area contributed by atoms with E-state index in [-0.39, 0.29) is 16.7 Å². The Kier molecular flexibility index (Phi) is 5.02. The minimum Gasteiger partial charge on any atom is -0.508 e. The molecule has 26 heavy (non-hydrogen) atoms. The van der Waals surface area contributed by atoms with Crippen molar-refractivity contribution in [3.05, 3.63) is 53.3 Å². The van der Waals surface area contributed by atoms with Crippen LogP contribution in [0.2, 0.25) is 0 Å². The van der Waals surface area contributed by atoms with Crippen LogP contribution in [0.5, 0.6) is 5.75 Å². The Labute approximate surface area is 157 Å². The van der Waals surface area contributed by atoms with Gasteiger partial charge in [-0.25, -0.2) is 23.5 Å². The summed E-state index contributed by atoms with van der Waals surface area (Å²) in [7, 11) is -3.85. The number of sulfonamides is 1. The molecule has 0 aliphatic carbocycles. The third-order valence-corrected chi connectivity index (χ3v) is 4.56. The van der Waals surface area contributed by atoms with Gasteiger partial charge < -0.3 is 15.7 Å². The van der Waals surface area contributed by atoms with Gasteiger partial charge >= 0.3 is 0 Å². The number of phenols is 1. The maximum Gasteiger partial charge on any atom is 0.255 e. The van der Waals surface area contributed by atoms with Gasteiger partial charge in [-0.15, -0.1) is 0 Å². The van der Waals surface area contributed by atoms with Crippen LogP contribution >= 0.6 is 15.9 Å². The number of anilines is 4. The highest BCUT2D eigenvalue weighted by Crippen LogP contribution is 2.26. The normalized spacial score (nSPS) is 11.2. The van der Waals surface area contributed by atoms with Gasteiger partial charge in [-0.05, 0) is 52.3 Å². The molecule has 0 radical (unpaired) electrons. The molecule has 0 aliphatic rings. The fourth-order valence-electron chi connectivity index (χ4n) is 1.95. The van der Waals surface area contributed by atoms with Crippen LogP contribution in [0, 0.1) is 0 Å². The van der Waals surface area contributed by atoms with Gasteiger partial charge in [0.2, 0.25) is 5.95 Å². The highest BCUT2D eigenvalue weighted by Gasteiger charge is 2.10. The van der Waals surface area contributed by atoms with Crippen molar-refractivity contribution < 1.29 is 13.5 Å². The van der Waals surface area contributed by atoms with Crippen LogP contribution in [0.1, 0.15) is 0 Å². The summed E-state index contributed by atoms with van der Waals surface area (Å²) in [4.78, 5) is 12.3. The van der Waals surface area contributed by atoms with Gasteiger partial charge in [-0.1, -0.05) is 0 Å². The van der Waals surface area contributed by atoms with Crippen LogP contribution in [-0.2, 0) is 10.0 Å². The average Bonchev–Trinajstić information content (AvgIpc) is 2.59. The summed E-state index contributed by atoms with van der Waals surface area (Å²) in [6.45, 7) is 0. The number of phenolic OH excluding ortho intramolecular Hbond substituents is 1. The van der Waals surface area contributed by atoms with Gasteiger partial charge in [0, 0.05) is 11.9 Å². The lowest BCUT2D eigenvalue weighted by Crippen LogP contribution is -2.13. The predicted octanol–water partition coefficient (Wildman–Crippen LogP) is 2.47. The lowest BCUT2D eigenvalue weighted by Gasteiger charge is -2.10. The van der Waals surface area contributed by atoms with E-state index in [2.05, 4.69) is 41.5 Å². The number of nitrogens with zero attached hydrogens (tertiary/aromatic N) is 3. The summed E-state index contributed by atoms with van der Waals surface area (Å²) >= 11 is 3.36. The van der Waals surface area contributed by atoms with Crippen molar-refractivity contribution in [3.63, 3.8) is 0 Å². The highest BCUT2D eigenvalue weighted by molar-refractivity contribution is 9.10. The minimum atomic E-state index is -3.85. The molecule has 0 saturated carbocycles. The van der Waals surface area contributed by atoms with E-state index in [0.29, 0.717) is 16.0 Å². The van der Waals surface area contributed by atoms with E-state index in [1.165, 1.54) is 18.3 Å². The van der Waals surface area contributed by atoms with Gasteiger partial charge in [0.1, 0.15) is 11.6 Å². The number of nitrogens with one attached hydrogen (secondary N) is 2. The zero-order valence-corrected chi connectivity index (χ0v) is 15.5. The van der Waals surface area contributed by atoms with E-state index in [1.54, 1.807) is 30.5 Å². The molecule has 1 aromatic carbocycles. The largest absolute Gasteiger partial charge is 0.508 e. The van der Waals surface area contributed by atoms with Crippen molar-refractivity contribution in [3.8, 4) is 5.75 Å². The van der Waals surface area contributed by atoms with E-state index in [9.17, 15) is 13.5 Å². The number of halogens is 1. The number of primary sulfonamides is 1. The van der Waals surface area contributed by atoms with Crippen LogP contribution in [-0.4, -0.2) is 28.5 Å². The fourth-order valence-corrected chi connectivity index (χ4v) is 2.70. The van der Waals surface area contributed by atoms with Crippen molar-refractivity contribution in [2.45, 2.75) is 5.03 Å². The highest BCUT2D eigenvalue weighted by atomic mass is 79.9. The summed E-state index contributed by atoms with van der Waals surface area (Å²) in [5.41, 5.74) is 1.22. The van der Waals surface area contributed by atoms with Crippen molar-refractivity contribution in [2.75, 3.05) is 10.6 Å². The molecule has 11 heteroatoms. The number of hydrogen-bond acceptors (Lipinski definition) is 8. The van der Waals surface area contributed by atoms with E-state index in [0.717, 1.165) is 5.69 Å². The van der Waals surface area contributed by atoms with E-state index >= 15 is 0 Å². The number of benzene rings is 1. The molecule has 0 amide bonds. The molecule has 0 aliphatic heterocycles. The summed E-state index contributed by atoms with van der Waals surface area (Å²) in [6, 6.07) is 9.29. The Balaban J connectivity index is 1.80.